The van der Waals surface area contributed by atoms with Gasteiger partial charge in [0.25, 0.3) is 0 Å². The van der Waals surface area contributed by atoms with Crippen molar-refractivity contribution in [2.45, 2.75) is 20.8 Å². The van der Waals surface area contributed by atoms with Crippen LogP contribution in [0.3, 0.4) is 0 Å². The van der Waals surface area contributed by atoms with Crippen LogP contribution >= 0.6 is 0 Å². The SMILES string of the molecule is Cc1nc(N2CC(C)C(C)C2)ccc1N. The second kappa shape index (κ2) is 3.72. The number of hydrogen-bond donors (Lipinski definition) is 1. The lowest BCUT2D eigenvalue weighted by molar-refractivity contribution is 0.494. The van der Waals surface area contributed by atoms with Gasteiger partial charge >= 0.3 is 0 Å². The lowest BCUT2D eigenvalue weighted by atomic mass is 10.0. The van der Waals surface area contributed by atoms with E-state index in [0.29, 0.717) is 0 Å². The van der Waals surface area contributed by atoms with Gasteiger partial charge in [-0.1, -0.05) is 13.8 Å². The van der Waals surface area contributed by atoms with Gasteiger partial charge in [0.05, 0.1) is 11.4 Å². The van der Waals surface area contributed by atoms with Crippen molar-refractivity contribution >= 4 is 11.5 Å². The molecule has 1 aromatic rings. The summed E-state index contributed by atoms with van der Waals surface area (Å²) in [4.78, 5) is 6.87. The molecular weight excluding hydrogens is 186 g/mol. The molecule has 15 heavy (non-hydrogen) atoms. The highest BCUT2D eigenvalue weighted by atomic mass is 15.2. The standard InChI is InChI=1S/C12H19N3/c1-8-6-15(7-9(8)2)12-5-4-11(13)10(3)14-12/h4-5,8-9H,6-7,13H2,1-3H3. The summed E-state index contributed by atoms with van der Waals surface area (Å²) in [5.41, 5.74) is 7.47. The van der Waals surface area contributed by atoms with E-state index in [9.17, 15) is 0 Å². The highest BCUT2D eigenvalue weighted by Crippen LogP contribution is 2.27. The van der Waals surface area contributed by atoms with Gasteiger partial charge in [0.1, 0.15) is 5.82 Å². The first-order valence-electron chi connectivity index (χ1n) is 5.56. The van der Waals surface area contributed by atoms with Gasteiger partial charge in [0.15, 0.2) is 0 Å². The largest absolute Gasteiger partial charge is 0.397 e. The third-order valence-electron chi connectivity index (χ3n) is 3.42. The topological polar surface area (TPSA) is 42.2 Å². The maximum absolute atomic E-state index is 5.76. The van der Waals surface area contributed by atoms with E-state index in [4.69, 9.17) is 5.73 Å². The van der Waals surface area contributed by atoms with E-state index in [-0.39, 0.29) is 0 Å². The van der Waals surface area contributed by atoms with Gasteiger partial charge < -0.3 is 10.6 Å². The highest BCUT2D eigenvalue weighted by Gasteiger charge is 2.26. The normalized spacial score (nSPS) is 25.9. The molecule has 2 atom stereocenters. The molecule has 0 saturated carbocycles. The summed E-state index contributed by atoms with van der Waals surface area (Å²) >= 11 is 0. The molecule has 0 radical (unpaired) electrons. The third kappa shape index (κ3) is 1.91. The fourth-order valence-electron chi connectivity index (χ4n) is 2.05. The minimum atomic E-state index is 0.754. The van der Waals surface area contributed by atoms with Crippen molar-refractivity contribution in [1.82, 2.24) is 4.98 Å². The van der Waals surface area contributed by atoms with E-state index in [1.165, 1.54) is 0 Å². The maximum atomic E-state index is 5.76. The molecule has 2 rings (SSSR count). The summed E-state index contributed by atoms with van der Waals surface area (Å²) in [6.07, 6.45) is 0. The Kier molecular flexibility index (Phi) is 2.55. The van der Waals surface area contributed by atoms with E-state index >= 15 is 0 Å². The summed E-state index contributed by atoms with van der Waals surface area (Å²) < 4.78 is 0. The van der Waals surface area contributed by atoms with Crippen molar-refractivity contribution in [2.24, 2.45) is 11.8 Å². The van der Waals surface area contributed by atoms with Crippen molar-refractivity contribution in [3.63, 3.8) is 0 Å². The van der Waals surface area contributed by atoms with Crippen LogP contribution in [0.4, 0.5) is 11.5 Å². The number of nitrogens with two attached hydrogens (primary N) is 1. The van der Waals surface area contributed by atoms with Crippen molar-refractivity contribution in [3.05, 3.63) is 17.8 Å². The first-order valence-corrected chi connectivity index (χ1v) is 5.56. The number of anilines is 2. The maximum Gasteiger partial charge on any atom is 0.128 e. The quantitative estimate of drug-likeness (QED) is 0.763. The molecule has 1 saturated heterocycles. The Labute approximate surface area is 91.3 Å². The van der Waals surface area contributed by atoms with E-state index in [1.54, 1.807) is 0 Å². The fourth-order valence-corrected chi connectivity index (χ4v) is 2.05. The highest BCUT2D eigenvalue weighted by molar-refractivity contribution is 5.50. The monoisotopic (exact) mass is 205 g/mol. The molecule has 0 bridgehead atoms. The van der Waals surface area contributed by atoms with Crippen LogP contribution < -0.4 is 10.6 Å². The van der Waals surface area contributed by atoms with E-state index in [2.05, 4.69) is 23.7 Å². The number of rotatable bonds is 1. The predicted octanol–water partition coefficient (Wildman–Crippen LogP) is 2.06. The van der Waals surface area contributed by atoms with Gasteiger partial charge in [-0.2, -0.15) is 0 Å². The van der Waals surface area contributed by atoms with Crippen LogP contribution in [-0.2, 0) is 0 Å². The predicted molar refractivity (Wildman–Crippen MR) is 63.9 cm³/mol. The second-order valence-corrected chi connectivity index (χ2v) is 4.70. The molecule has 1 aliphatic rings. The molecule has 0 aromatic carbocycles. The van der Waals surface area contributed by atoms with Crippen LogP contribution in [0.25, 0.3) is 0 Å². The average molecular weight is 205 g/mol. The zero-order chi connectivity index (χ0) is 11.0. The second-order valence-electron chi connectivity index (χ2n) is 4.70. The van der Waals surface area contributed by atoms with Crippen LogP contribution in [-0.4, -0.2) is 18.1 Å². The smallest absolute Gasteiger partial charge is 0.128 e. The summed E-state index contributed by atoms with van der Waals surface area (Å²) in [5.74, 6) is 2.58. The van der Waals surface area contributed by atoms with E-state index in [0.717, 1.165) is 42.1 Å². The molecule has 0 spiro atoms. The number of hydrogen-bond acceptors (Lipinski definition) is 3. The van der Waals surface area contributed by atoms with Crippen LogP contribution in [0.5, 0.6) is 0 Å². The summed E-state index contributed by atoms with van der Waals surface area (Å²) in [6.45, 7) is 8.78. The van der Waals surface area contributed by atoms with Crippen LogP contribution in [0.1, 0.15) is 19.5 Å². The molecule has 2 unspecified atom stereocenters. The Bertz CT molecular complexity index is 352. The number of aromatic nitrogens is 1. The Morgan fingerprint density at radius 1 is 1.27 bits per heavy atom. The Balaban J connectivity index is 2.20. The number of aryl methyl sites for hydroxylation is 1. The van der Waals surface area contributed by atoms with Gasteiger partial charge in [-0.25, -0.2) is 4.98 Å². The molecule has 0 aliphatic carbocycles. The molecule has 2 N–H and O–H groups in total. The van der Waals surface area contributed by atoms with Crippen LogP contribution in [0, 0.1) is 18.8 Å². The fraction of sp³-hybridized carbons (Fsp3) is 0.583. The summed E-state index contributed by atoms with van der Waals surface area (Å²) in [7, 11) is 0. The van der Waals surface area contributed by atoms with E-state index < -0.39 is 0 Å². The zero-order valence-electron chi connectivity index (χ0n) is 9.70. The number of nitrogens with zero attached hydrogens (tertiary/aromatic N) is 2. The molecule has 1 aromatic heterocycles. The molecule has 3 nitrogen and oxygen atoms in total. The van der Waals surface area contributed by atoms with Crippen LogP contribution in [0.2, 0.25) is 0 Å². The van der Waals surface area contributed by atoms with Crippen molar-refractivity contribution in [1.29, 1.82) is 0 Å². The molecule has 82 valence electrons. The molecule has 3 heteroatoms. The lowest BCUT2D eigenvalue weighted by Crippen LogP contribution is -2.21. The molecule has 0 amide bonds. The van der Waals surface area contributed by atoms with Crippen molar-refractivity contribution < 1.29 is 0 Å². The van der Waals surface area contributed by atoms with Gasteiger partial charge in [-0.3, -0.25) is 0 Å². The molecule has 1 aliphatic heterocycles. The zero-order valence-corrected chi connectivity index (χ0v) is 9.70. The van der Waals surface area contributed by atoms with Gasteiger partial charge in [0, 0.05) is 13.1 Å². The summed E-state index contributed by atoms with van der Waals surface area (Å²) in [6, 6.07) is 3.97. The Hall–Kier alpha value is -1.25. The minimum absolute atomic E-state index is 0.754. The van der Waals surface area contributed by atoms with Crippen molar-refractivity contribution in [3.8, 4) is 0 Å². The van der Waals surface area contributed by atoms with Gasteiger partial charge in [-0.05, 0) is 30.9 Å². The van der Waals surface area contributed by atoms with Gasteiger partial charge in [-0.15, -0.1) is 0 Å². The molecular formula is C12H19N3. The Morgan fingerprint density at radius 3 is 2.40 bits per heavy atom. The third-order valence-corrected chi connectivity index (χ3v) is 3.42. The van der Waals surface area contributed by atoms with Crippen molar-refractivity contribution in [2.75, 3.05) is 23.7 Å². The number of pyridine rings is 1. The lowest BCUT2D eigenvalue weighted by Gasteiger charge is -2.17. The van der Waals surface area contributed by atoms with E-state index in [1.807, 2.05) is 19.1 Å². The molecule has 2 heterocycles. The van der Waals surface area contributed by atoms with Crippen LogP contribution in [0.15, 0.2) is 12.1 Å². The minimum Gasteiger partial charge on any atom is -0.397 e. The molecule has 1 fully saturated rings. The van der Waals surface area contributed by atoms with Gasteiger partial charge in [0.2, 0.25) is 0 Å². The average Bonchev–Trinajstić information content (AvgIpc) is 2.52. The first-order chi connectivity index (χ1) is 7.08. The Morgan fingerprint density at radius 2 is 1.87 bits per heavy atom. The number of nitrogen functional groups attached to an aromatic ring is 1. The summed E-state index contributed by atoms with van der Waals surface area (Å²) in [5, 5.41) is 0. The first kappa shape index (κ1) is 10.3.